The van der Waals surface area contributed by atoms with Gasteiger partial charge in [-0.15, -0.1) is 0 Å². The molecule has 0 atom stereocenters. The Morgan fingerprint density at radius 1 is 0.639 bits per heavy atom. The van der Waals surface area contributed by atoms with Gasteiger partial charge >= 0.3 is 0 Å². The number of nitrogens with one attached hydrogen (secondary N) is 2. The third-order valence-electron chi connectivity index (χ3n) is 5.56. The van der Waals surface area contributed by atoms with Gasteiger partial charge in [-0.1, -0.05) is 0 Å². The summed E-state index contributed by atoms with van der Waals surface area (Å²) in [5.74, 6) is 3.69. The van der Waals surface area contributed by atoms with Crippen LogP contribution in [0.15, 0.2) is 59.0 Å². The summed E-state index contributed by atoms with van der Waals surface area (Å²) in [6, 6.07) is 16.5. The number of hydrogen-bond acceptors (Lipinski definition) is 12. The molecule has 0 aliphatic carbocycles. The largest absolute Gasteiger partial charge is 0.454 e. The van der Waals surface area contributed by atoms with Crippen molar-refractivity contribution in [1.29, 1.82) is 0 Å². The molecule has 4 N–H and O–H groups in total. The van der Waals surface area contributed by atoms with Crippen LogP contribution in [0, 0.1) is 0 Å². The Labute approximate surface area is 203 Å². The van der Waals surface area contributed by atoms with Crippen molar-refractivity contribution >= 4 is 40.4 Å². The fraction of sp³-hybridized carbons (Fsp3) is 0.0833. The Bertz CT molecular complexity index is 1560. The zero-order valence-electron chi connectivity index (χ0n) is 18.5. The number of fused-ring (bicyclic) bond motifs is 3. The Morgan fingerprint density at radius 3 is 1.89 bits per heavy atom. The fourth-order valence-electron chi connectivity index (χ4n) is 3.91. The van der Waals surface area contributed by atoms with Crippen LogP contribution in [-0.2, 0) is 0 Å². The highest BCUT2D eigenvalue weighted by Gasteiger charge is 2.17. The summed E-state index contributed by atoms with van der Waals surface area (Å²) in [5, 5.41) is 6.43. The van der Waals surface area contributed by atoms with E-state index < -0.39 is 0 Å². The van der Waals surface area contributed by atoms with Gasteiger partial charge in [0.15, 0.2) is 34.4 Å². The number of rotatable bonds is 5. The number of anilines is 5. The van der Waals surface area contributed by atoms with E-state index in [0.717, 1.165) is 11.4 Å². The van der Waals surface area contributed by atoms with Crippen molar-refractivity contribution in [3.63, 3.8) is 0 Å². The molecule has 2 aliphatic rings. The standard InChI is InChI=1S/C24H17N7O5/c25-22-28-15-4-1-12(7-18(15)36-22)21-29-23(26-13-2-5-16-19(8-13)34-10-32-16)31-24(30-21)27-14-3-6-17-20(9-14)35-11-33-17/h1-9H,10-11H2,(H2,25,28)(H2,26,27,29,30,31). The van der Waals surface area contributed by atoms with Gasteiger partial charge in [0.25, 0.3) is 6.01 Å². The maximum absolute atomic E-state index is 5.70. The molecular formula is C24H17N7O5. The molecule has 0 fully saturated rings. The Balaban J connectivity index is 1.27. The van der Waals surface area contributed by atoms with E-state index in [1.807, 2.05) is 42.5 Å². The Hall–Kier alpha value is -5.26. The molecule has 36 heavy (non-hydrogen) atoms. The van der Waals surface area contributed by atoms with Crippen LogP contribution in [0.5, 0.6) is 23.0 Å². The van der Waals surface area contributed by atoms with Gasteiger partial charge in [0.05, 0.1) is 0 Å². The first kappa shape index (κ1) is 20.1. The third-order valence-corrected chi connectivity index (χ3v) is 5.56. The topological polar surface area (TPSA) is 152 Å². The maximum atomic E-state index is 5.70. The first-order chi connectivity index (χ1) is 17.7. The smallest absolute Gasteiger partial charge is 0.292 e. The average Bonchev–Trinajstić information content (AvgIpc) is 3.61. The van der Waals surface area contributed by atoms with Crippen LogP contribution in [0.4, 0.5) is 29.3 Å². The van der Waals surface area contributed by atoms with Gasteiger partial charge in [0, 0.05) is 29.1 Å². The van der Waals surface area contributed by atoms with E-state index in [2.05, 4.69) is 30.6 Å². The van der Waals surface area contributed by atoms with E-state index in [0.29, 0.717) is 57.4 Å². The number of ether oxygens (including phenoxy) is 4. The second kappa shape index (κ2) is 7.91. The Kier molecular flexibility index (Phi) is 4.42. The number of oxazole rings is 1. The zero-order valence-corrected chi connectivity index (χ0v) is 18.5. The lowest BCUT2D eigenvalue weighted by atomic mass is 10.2. The van der Waals surface area contributed by atoms with E-state index in [4.69, 9.17) is 29.1 Å². The molecule has 0 spiro atoms. The van der Waals surface area contributed by atoms with Gasteiger partial charge in [-0.05, 0) is 42.5 Å². The molecule has 3 aromatic carbocycles. The highest BCUT2D eigenvalue weighted by atomic mass is 16.7. The van der Waals surface area contributed by atoms with Gasteiger partial charge in [-0.3, -0.25) is 0 Å². The molecule has 4 heterocycles. The quantitative estimate of drug-likeness (QED) is 0.328. The summed E-state index contributed by atoms with van der Waals surface area (Å²) in [7, 11) is 0. The third kappa shape index (κ3) is 3.66. The van der Waals surface area contributed by atoms with Crippen LogP contribution < -0.4 is 35.3 Å². The summed E-state index contributed by atoms with van der Waals surface area (Å²) in [5.41, 5.74) is 9.02. The van der Waals surface area contributed by atoms with Crippen molar-refractivity contribution in [2.75, 3.05) is 30.0 Å². The predicted molar refractivity (Wildman–Crippen MR) is 129 cm³/mol. The van der Waals surface area contributed by atoms with Crippen LogP contribution >= 0.6 is 0 Å². The van der Waals surface area contributed by atoms with Gasteiger partial charge in [-0.2, -0.15) is 19.9 Å². The summed E-state index contributed by atoms with van der Waals surface area (Å²) in [6.07, 6.45) is 0. The summed E-state index contributed by atoms with van der Waals surface area (Å²) in [6.45, 7) is 0.375. The molecular weight excluding hydrogens is 466 g/mol. The fourth-order valence-corrected chi connectivity index (χ4v) is 3.91. The number of nitrogen functional groups attached to an aromatic ring is 1. The molecule has 0 amide bonds. The molecule has 2 aromatic heterocycles. The zero-order chi connectivity index (χ0) is 24.1. The highest BCUT2D eigenvalue weighted by molar-refractivity contribution is 5.80. The molecule has 12 nitrogen and oxygen atoms in total. The molecule has 0 unspecified atom stereocenters. The number of hydrogen-bond donors (Lipinski definition) is 3. The molecule has 0 radical (unpaired) electrons. The van der Waals surface area contributed by atoms with E-state index in [1.54, 1.807) is 12.1 Å². The number of benzene rings is 3. The van der Waals surface area contributed by atoms with Crippen LogP contribution in [-0.4, -0.2) is 33.5 Å². The normalized spacial score (nSPS) is 13.2. The minimum Gasteiger partial charge on any atom is -0.454 e. The van der Waals surface area contributed by atoms with E-state index >= 15 is 0 Å². The summed E-state index contributed by atoms with van der Waals surface area (Å²) in [4.78, 5) is 17.9. The summed E-state index contributed by atoms with van der Waals surface area (Å²) < 4.78 is 27.2. The maximum Gasteiger partial charge on any atom is 0.292 e. The van der Waals surface area contributed by atoms with E-state index in [1.165, 1.54) is 0 Å². The van der Waals surface area contributed by atoms with Crippen molar-refractivity contribution in [1.82, 2.24) is 19.9 Å². The van der Waals surface area contributed by atoms with Crippen molar-refractivity contribution in [3.05, 3.63) is 54.6 Å². The minimum absolute atomic E-state index is 0.0909. The molecule has 5 aromatic rings. The van der Waals surface area contributed by atoms with E-state index in [9.17, 15) is 0 Å². The molecule has 0 bridgehead atoms. The first-order valence-corrected chi connectivity index (χ1v) is 10.9. The number of aromatic nitrogens is 4. The van der Waals surface area contributed by atoms with Crippen molar-refractivity contribution in [2.24, 2.45) is 0 Å². The second-order valence-electron chi connectivity index (χ2n) is 7.93. The lowest BCUT2D eigenvalue weighted by Gasteiger charge is -2.11. The highest BCUT2D eigenvalue weighted by Crippen LogP contribution is 2.36. The molecule has 178 valence electrons. The minimum atomic E-state index is 0.0909. The summed E-state index contributed by atoms with van der Waals surface area (Å²) >= 11 is 0. The molecule has 7 rings (SSSR count). The van der Waals surface area contributed by atoms with Gasteiger partial charge in [0.1, 0.15) is 5.52 Å². The number of nitrogens with two attached hydrogens (primary N) is 1. The van der Waals surface area contributed by atoms with Crippen LogP contribution in [0.25, 0.3) is 22.5 Å². The lowest BCUT2D eigenvalue weighted by Crippen LogP contribution is -2.05. The lowest BCUT2D eigenvalue weighted by molar-refractivity contribution is 0.173. The van der Waals surface area contributed by atoms with Gasteiger partial charge in [-0.25, -0.2) is 0 Å². The SMILES string of the molecule is Nc1nc2ccc(-c3nc(Nc4ccc5c(c4)OCO5)nc(Nc4ccc5c(c4)OCO5)n3)cc2o1. The van der Waals surface area contributed by atoms with Crippen LogP contribution in [0.1, 0.15) is 0 Å². The monoisotopic (exact) mass is 483 g/mol. The average molecular weight is 483 g/mol. The molecule has 2 aliphatic heterocycles. The van der Waals surface area contributed by atoms with Crippen LogP contribution in [0.2, 0.25) is 0 Å². The molecule has 0 saturated carbocycles. The van der Waals surface area contributed by atoms with Crippen molar-refractivity contribution in [3.8, 4) is 34.4 Å². The van der Waals surface area contributed by atoms with Crippen molar-refractivity contribution in [2.45, 2.75) is 0 Å². The van der Waals surface area contributed by atoms with Crippen LogP contribution in [0.3, 0.4) is 0 Å². The first-order valence-electron chi connectivity index (χ1n) is 10.9. The van der Waals surface area contributed by atoms with E-state index in [-0.39, 0.29) is 19.6 Å². The van der Waals surface area contributed by atoms with Crippen molar-refractivity contribution < 1.29 is 23.4 Å². The molecule has 0 saturated heterocycles. The molecule has 12 heteroatoms. The Morgan fingerprint density at radius 2 is 1.25 bits per heavy atom. The predicted octanol–water partition coefficient (Wildman–Crippen LogP) is 4.21. The van der Waals surface area contributed by atoms with Gasteiger partial charge < -0.3 is 39.7 Å². The second-order valence-corrected chi connectivity index (χ2v) is 7.93. The number of nitrogens with zero attached hydrogens (tertiary/aromatic N) is 4. The van der Waals surface area contributed by atoms with Gasteiger partial charge in [0.2, 0.25) is 25.5 Å².